The number of thiophene rings is 1. The van der Waals surface area contributed by atoms with Crippen LogP contribution >= 0.6 is 23.7 Å². The summed E-state index contributed by atoms with van der Waals surface area (Å²) in [5, 5.41) is 0. The molecule has 1 aromatic rings. The molecule has 12 heteroatoms. The van der Waals surface area contributed by atoms with Crippen LogP contribution in [0, 0.1) is 5.92 Å². The van der Waals surface area contributed by atoms with Crippen molar-refractivity contribution in [2.75, 3.05) is 13.2 Å². The van der Waals surface area contributed by atoms with Crippen LogP contribution in [-0.4, -0.2) is 36.0 Å². The second-order valence-electron chi connectivity index (χ2n) is 5.34. The summed E-state index contributed by atoms with van der Waals surface area (Å²) in [5.74, 6) is -0.573. The zero-order chi connectivity index (χ0) is 18.0. The van der Waals surface area contributed by atoms with Crippen LogP contribution in [0.1, 0.15) is 25.8 Å². The first-order chi connectivity index (χ1) is 11.1. The Balaban J connectivity index is 0.00000312. The molecule has 0 bridgehead atoms. The number of ether oxygens (including phenoxy) is 1. The predicted molar refractivity (Wildman–Crippen MR) is 96.5 cm³/mol. The summed E-state index contributed by atoms with van der Waals surface area (Å²) in [6.07, 6.45) is 3.07. The Bertz CT molecular complexity index is 858. The standard InChI is InChI=1S/C13H18N2O6S3.ClH/c1-9(2)12(16)21-7-3-5-14-23(17,18)11-8-10-4-6-15-24(19,20)13(10)22-11;/h4,6,8-9,14-15H,3,5,7H2,1-2H3;1H. The minimum absolute atomic E-state index is 0. The van der Waals surface area contributed by atoms with E-state index >= 15 is 0 Å². The first kappa shape index (κ1) is 21.9. The van der Waals surface area contributed by atoms with E-state index in [1.165, 1.54) is 18.3 Å². The molecule has 0 saturated carbocycles. The lowest BCUT2D eigenvalue weighted by Gasteiger charge is -2.07. The van der Waals surface area contributed by atoms with Gasteiger partial charge >= 0.3 is 5.97 Å². The molecular weight excluding hydrogens is 412 g/mol. The van der Waals surface area contributed by atoms with Crippen molar-refractivity contribution >= 4 is 55.8 Å². The molecule has 0 fully saturated rings. The van der Waals surface area contributed by atoms with Gasteiger partial charge in [-0.05, 0) is 18.6 Å². The lowest BCUT2D eigenvalue weighted by Crippen LogP contribution is -2.25. The lowest BCUT2D eigenvalue weighted by atomic mass is 10.2. The van der Waals surface area contributed by atoms with Gasteiger partial charge in [-0.1, -0.05) is 13.8 Å². The van der Waals surface area contributed by atoms with E-state index in [1.54, 1.807) is 13.8 Å². The van der Waals surface area contributed by atoms with Crippen LogP contribution in [0.15, 0.2) is 20.7 Å². The van der Waals surface area contributed by atoms with Crippen molar-refractivity contribution in [3.63, 3.8) is 0 Å². The molecule has 1 aromatic heterocycles. The molecule has 2 heterocycles. The number of nitrogens with one attached hydrogen (secondary N) is 2. The fraction of sp³-hybridized carbons (Fsp3) is 0.462. The molecule has 0 saturated heterocycles. The molecule has 0 unspecified atom stereocenters. The fourth-order valence-electron chi connectivity index (χ4n) is 1.78. The molecule has 2 rings (SSSR count). The summed E-state index contributed by atoms with van der Waals surface area (Å²) < 4.78 is 57.5. The van der Waals surface area contributed by atoms with E-state index in [9.17, 15) is 21.6 Å². The maximum Gasteiger partial charge on any atom is 0.308 e. The van der Waals surface area contributed by atoms with Crippen molar-refractivity contribution in [1.29, 1.82) is 0 Å². The molecule has 2 N–H and O–H groups in total. The molecule has 142 valence electrons. The number of hydrogen-bond donors (Lipinski definition) is 2. The van der Waals surface area contributed by atoms with Crippen LogP contribution in [0.5, 0.6) is 0 Å². The minimum atomic E-state index is -3.82. The molecule has 1 aliphatic rings. The monoisotopic (exact) mass is 430 g/mol. The smallest absolute Gasteiger partial charge is 0.308 e. The van der Waals surface area contributed by atoms with Gasteiger partial charge in [0.05, 0.1) is 12.5 Å². The van der Waals surface area contributed by atoms with Gasteiger partial charge < -0.3 is 4.74 Å². The largest absolute Gasteiger partial charge is 0.465 e. The van der Waals surface area contributed by atoms with Crippen molar-refractivity contribution in [2.24, 2.45) is 5.92 Å². The highest BCUT2D eigenvalue weighted by atomic mass is 35.5. The van der Waals surface area contributed by atoms with Crippen LogP contribution in [0.2, 0.25) is 0 Å². The number of sulfonamides is 2. The zero-order valence-corrected chi connectivity index (χ0v) is 16.8. The normalized spacial score (nSPS) is 15.2. The molecule has 25 heavy (non-hydrogen) atoms. The van der Waals surface area contributed by atoms with Crippen LogP contribution in [0.3, 0.4) is 0 Å². The van der Waals surface area contributed by atoms with E-state index in [0.29, 0.717) is 23.3 Å². The molecule has 0 amide bonds. The SMILES string of the molecule is CC(C)C(=O)OCCCNS(=O)(=O)c1cc2c(s1)S(=O)(=O)NC=C2.Cl. The van der Waals surface area contributed by atoms with Gasteiger partial charge in [0.15, 0.2) is 0 Å². The van der Waals surface area contributed by atoms with E-state index in [-0.39, 0.29) is 45.9 Å². The number of fused-ring (bicyclic) bond motifs is 1. The molecule has 0 atom stereocenters. The maximum absolute atomic E-state index is 12.2. The number of rotatable bonds is 7. The van der Waals surface area contributed by atoms with E-state index < -0.39 is 20.0 Å². The molecule has 0 aliphatic carbocycles. The maximum atomic E-state index is 12.2. The van der Waals surface area contributed by atoms with Gasteiger partial charge in [-0.15, -0.1) is 23.7 Å². The van der Waals surface area contributed by atoms with Crippen molar-refractivity contribution in [1.82, 2.24) is 9.44 Å². The molecule has 8 nitrogen and oxygen atoms in total. The van der Waals surface area contributed by atoms with Crippen molar-refractivity contribution < 1.29 is 26.4 Å². The van der Waals surface area contributed by atoms with Gasteiger partial charge in [0, 0.05) is 18.3 Å². The highest BCUT2D eigenvalue weighted by molar-refractivity contribution is 7.94. The number of carbonyl (C=O) groups is 1. The van der Waals surface area contributed by atoms with Gasteiger partial charge in [0.1, 0.15) is 8.42 Å². The van der Waals surface area contributed by atoms with Crippen LogP contribution in [0.4, 0.5) is 0 Å². The van der Waals surface area contributed by atoms with E-state index in [2.05, 4.69) is 9.44 Å². The molecule has 0 radical (unpaired) electrons. The van der Waals surface area contributed by atoms with E-state index in [0.717, 1.165) is 0 Å². The summed E-state index contributed by atoms with van der Waals surface area (Å²) in [4.78, 5) is 11.3. The Morgan fingerprint density at radius 2 is 2.08 bits per heavy atom. The highest BCUT2D eigenvalue weighted by Crippen LogP contribution is 2.32. The Morgan fingerprint density at radius 3 is 2.68 bits per heavy atom. The highest BCUT2D eigenvalue weighted by Gasteiger charge is 2.27. The van der Waals surface area contributed by atoms with Crippen molar-refractivity contribution in [2.45, 2.75) is 28.7 Å². The van der Waals surface area contributed by atoms with Crippen molar-refractivity contribution in [3.05, 3.63) is 17.8 Å². The molecule has 0 spiro atoms. The molecule has 0 aromatic carbocycles. The Labute approximate surface area is 157 Å². The van der Waals surface area contributed by atoms with Gasteiger partial charge in [0.2, 0.25) is 10.0 Å². The zero-order valence-electron chi connectivity index (χ0n) is 13.5. The lowest BCUT2D eigenvalue weighted by molar-refractivity contribution is -0.147. The summed E-state index contributed by atoms with van der Waals surface area (Å²) in [6, 6.07) is 1.32. The third kappa shape index (κ3) is 5.42. The number of halogens is 1. The van der Waals surface area contributed by atoms with Crippen molar-refractivity contribution in [3.8, 4) is 0 Å². The Kier molecular flexibility index (Phi) is 7.44. The third-order valence-electron chi connectivity index (χ3n) is 3.03. The summed E-state index contributed by atoms with van der Waals surface area (Å²) in [6.45, 7) is 3.61. The number of esters is 1. The fourth-order valence-corrected chi connectivity index (χ4v) is 5.90. The summed E-state index contributed by atoms with van der Waals surface area (Å²) >= 11 is 0.684. The first-order valence-corrected chi connectivity index (χ1v) is 10.9. The number of hydrogen-bond acceptors (Lipinski definition) is 7. The van der Waals surface area contributed by atoms with Crippen LogP contribution < -0.4 is 9.44 Å². The van der Waals surface area contributed by atoms with Gasteiger partial charge in [0.25, 0.3) is 10.0 Å². The first-order valence-electron chi connectivity index (χ1n) is 7.12. The Morgan fingerprint density at radius 1 is 1.40 bits per heavy atom. The molecule has 1 aliphatic heterocycles. The predicted octanol–water partition coefficient (Wildman–Crippen LogP) is 1.30. The topological polar surface area (TPSA) is 119 Å². The average molecular weight is 431 g/mol. The van der Waals surface area contributed by atoms with Gasteiger partial charge in [-0.2, -0.15) is 0 Å². The van der Waals surface area contributed by atoms with Crippen LogP contribution in [-0.2, 0) is 29.6 Å². The Hall–Kier alpha value is -1.14. The van der Waals surface area contributed by atoms with Gasteiger partial charge in [-0.25, -0.2) is 21.6 Å². The average Bonchev–Trinajstić information content (AvgIpc) is 2.93. The quantitative estimate of drug-likeness (QED) is 0.497. The summed E-state index contributed by atoms with van der Waals surface area (Å²) in [5.41, 5.74) is 0.338. The van der Waals surface area contributed by atoms with E-state index in [4.69, 9.17) is 4.74 Å². The second-order valence-corrected chi connectivity index (χ2v) is 10.3. The second kappa shape index (κ2) is 8.49. The molecular formula is C13H19ClN2O6S3. The van der Waals surface area contributed by atoms with E-state index in [1.807, 2.05) is 0 Å². The summed E-state index contributed by atoms with van der Waals surface area (Å²) in [7, 11) is -7.52. The number of carbonyl (C=O) groups excluding carboxylic acids is 1. The van der Waals surface area contributed by atoms with Gasteiger partial charge in [-0.3, -0.25) is 9.52 Å². The van der Waals surface area contributed by atoms with Crippen LogP contribution in [0.25, 0.3) is 6.08 Å². The minimum Gasteiger partial charge on any atom is -0.465 e. The third-order valence-corrected chi connectivity index (χ3v) is 7.98.